The van der Waals surface area contributed by atoms with Crippen molar-refractivity contribution in [3.63, 3.8) is 0 Å². The van der Waals surface area contributed by atoms with E-state index in [0.29, 0.717) is 24.3 Å². The highest BCUT2D eigenvalue weighted by atomic mass is 16.5. The Bertz CT molecular complexity index is 569. The third-order valence-corrected chi connectivity index (χ3v) is 2.95. The summed E-state index contributed by atoms with van der Waals surface area (Å²) in [6, 6.07) is 16.5. The van der Waals surface area contributed by atoms with Crippen molar-refractivity contribution < 1.29 is 14.6 Å². The monoisotopic (exact) mass is 271 g/mol. The molecule has 0 fully saturated rings. The van der Waals surface area contributed by atoms with Gasteiger partial charge in [-0.15, -0.1) is 0 Å². The van der Waals surface area contributed by atoms with Gasteiger partial charge in [-0.05, 0) is 30.5 Å². The summed E-state index contributed by atoms with van der Waals surface area (Å²) in [5.74, 6) is -0.492. The zero-order valence-electron chi connectivity index (χ0n) is 11.0. The standard InChI is InChI=1S/C16H17NO3/c17-13-7-4-8-14(11-13)20-15(16(18)19)10-9-12-5-2-1-3-6-12/h1-8,11,15H,9-10,17H2,(H,18,19). The number of carboxylic acids is 1. The Morgan fingerprint density at radius 2 is 1.90 bits per heavy atom. The van der Waals surface area contributed by atoms with Crippen LogP contribution in [0.1, 0.15) is 12.0 Å². The maximum Gasteiger partial charge on any atom is 0.344 e. The lowest BCUT2D eigenvalue weighted by Crippen LogP contribution is -2.27. The van der Waals surface area contributed by atoms with Gasteiger partial charge in [-0.2, -0.15) is 0 Å². The predicted octanol–water partition coefficient (Wildman–Crippen LogP) is 2.73. The van der Waals surface area contributed by atoms with E-state index in [0.717, 1.165) is 5.56 Å². The van der Waals surface area contributed by atoms with Crippen molar-refractivity contribution in [3.8, 4) is 5.75 Å². The van der Waals surface area contributed by atoms with Gasteiger partial charge in [0, 0.05) is 11.8 Å². The molecule has 4 heteroatoms. The maximum absolute atomic E-state index is 11.3. The Hall–Kier alpha value is -2.49. The minimum atomic E-state index is -0.969. The summed E-state index contributed by atoms with van der Waals surface area (Å²) in [6.07, 6.45) is 0.186. The number of nitrogens with two attached hydrogens (primary N) is 1. The fraction of sp³-hybridized carbons (Fsp3) is 0.188. The maximum atomic E-state index is 11.3. The Kier molecular flexibility index (Phi) is 4.60. The second-order valence-corrected chi connectivity index (χ2v) is 4.54. The number of anilines is 1. The summed E-state index contributed by atoms with van der Waals surface area (Å²) in [6.45, 7) is 0. The zero-order valence-corrected chi connectivity index (χ0v) is 11.0. The first-order valence-electron chi connectivity index (χ1n) is 6.44. The molecule has 0 saturated heterocycles. The predicted molar refractivity (Wildman–Crippen MR) is 77.7 cm³/mol. The molecule has 2 rings (SSSR count). The van der Waals surface area contributed by atoms with Crippen LogP contribution in [0.4, 0.5) is 5.69 Å². The number of carboxylic acid groups (broad SMARTS) is 1. The van der Waals surface area contributed by atoms with Crippen LogP contribution in [-0.4, -0.2) is 17.2 Å². The Morgan fingerprint density at radius 1 is 1.15 bits per heavy atom. The molecule has 0 aliphatic rings. The molecule has 0 heterocycles. The van der Waals surface area contributed by atoms with Gasteiger partial charge in [0.05, 0.1) is 0 Å². The molecule has 0 radical (unpaired) electrons. The molecule has 0 aliphatic heterocycles. The average molecular weight is 271 g/mol. The lowest BCUT2D eigenvalue weighted by Gasteiger charge is -2.15. The summed E-state index contributed by atoms with van der Waals surface area (Å²) in [7, 11) is 0. The average Bonchev–Trinajstić information content (AvgIpc) is 2.44. The summed E-state index contributed by atoms with van der Waals surface area (Å²) in [5.41, 5.74) is 7.29. The molecule has 0 bridgehead atoms. The fourth-order valence-electron chi connectivity index (χ4n) is 1.93. The molecule has 4 nitrogen and oxygen atoms in total. The molecule has 2 aromatic carbocycles. The number of nitrogen functional groups attached to an aromatic ring is 1. The van der Waals surface area contributed by atoms with Crippen molar-refractivity contribution in [3.05, 3.63) is 60.2 Å². The van der Waals surface area contributed by atoms with Crippen molar-refractivity contribution in [2.24, 2.45) is 0 Å². The number of carbonyl (C=O) groups is 1. The van der Waals surface area contributed by atoms with Crippen LogP contribution in [-0.2, 0) is 11.2 Å². The smallest absolute Gasteiger partial charge is 0.344 e. The van der Waals surface area contributed by atoms with Crippen molar-refractivity contribution in [2.45, 2.75) is 18.9 Å². The van der Waals surface area contributed by atoms with Gasteiger partial charge in [0.25, 0.3) is 0 Å². The minimum Gasteiger partial charge on any atom is -0.479 e. The van der Waals surface area contributed by atoms with Crippen molar-refractivity contribution >= 4 is 11.7 Å². The van der Waals surface area contributed by atoms with E-state index in [1.807, 2.05) is 30.3 Å². The molecule has 104 valence electrons. The molecule has 1 unspecified atom stereocenters. The van der Waals surface area contributed by atoms with E-state index < -0.39 is 12.1 Å². The van der Waals surface area contributed by atoms with E-state index in [1.54, 1.807) is 24.3 Å². The quantitative estimate of drug-likeness (QED) is 0.792. The SMILES string of the molecule is Nc1cccc(OC(CCc2ccccc2)C(=O)O)c1. The first-order chi connectivity index (χ1) is 9.65. The van der Waals surface area contributed by atoms with Crippen LogP contribution in [0.25, 0.3) is 0 Å². The number of rotatable bonds is 6. The highest BCUT2D eigenvalue weighted by Gasteiger charge is 2.19. The van der Waals surface area contributed by atoms with Crippen LogP contribution >= 0.6 is 0 Å². The first-order valence-corrected chi connectivity index (χ1v) is 6.44. The second-order valence-electron chi connectivity index (χ2n) is 4.54. The summed E-state index contributed by atoms with van der Waals surface area (Å²) >= 11 is 0. The van der Waals surface area contributed by atoms with Gasteiger partial charge in [-0.1, -0.05) is 36.4 Å². The molecule has 0 amide bonds. The highest BCUT2D eigenvalue weighted by molar-refractivity contribution is 5.72. The van der Waals surface area contributed by atoms with Gasteiger partial charge in [-0.25, -0.2) is 4.79 Å². The molecule has 2 aromatic rings. The van der Waals surface area contributed by atoms with Crippen molar-refractivity contribution in [1.82, 2.24) is 0 Å². The van der Waals surface area contributed by atoms with Gasteiger partial charge in [0.2, 0.25) is 0 Å². The van der Waals surface area contributed by atoms with E-state index >= 15 is 0 Å². The topological polar surface area (TPSA) is 72.5 Å². The molecule has 3 N–H and O–H groups in total. The Labute approximate surface area is 117 Å². The van der Waals surface area contributed by atoms with Gasteiger partial charge in [0.1, 0.15) is 5.75 Å². The van der Waals surface area contributed by atoms with Crippen LogP contribution in [0, 0.1) is 0 Å². The number of aryl methyl sites for hydroxylation is 1. The molecule has 0 aromatic heterocycles. The van der Waals surface area contributed by atoms with E-state index in [2.05, 4.69) is 0 Å². The molecule has 0 saturated carbocycles. The third kappa shape index (κ3) is 4.02. The third-order valence-electron chi connectivity index (χ3n) is 2.95. The summed E-state index contributed by atoms with van der Waals surface area (Å²) in [5, 5.41) is 9.23. The summed E-state index contributed by atoms with van der Waals surface area (Å²) in [4.78, 5) is 11.3. The van der Waals surface area contributed by atoms with E-state index in [-0.39, 0.29) is 0 Å². The van der Waals surface area contributed by atoms with E-state index in [1.165, 1.54) is 0 Å². The van der Waals surface area contributed by atoms with E-state index in [4.69, 9.17) is 10.5 Å². The lowest BCUT2D eigenvalue weighted by atomic mass is 10.1. The molecular formula is C16H17NO3. The van der Waals surface area contributed by atoms with Crippen LogP contribution in [0.3, 0.4) is 0 Å². The largest absolute Gasteiger partial charge is 0.479 e. The van der Waals surface area contributed by atoms with Crippen LogP contribution in [0.2, 0.25) is 0 Å². The van der Waals surface area contributed by atoms with Crippen molar-refractivity contribution in [2.75, 3.05) is 5.73 Å². The summed E-state index contributed by atoms with van der Waals surface area (Å²) < 4.78 is 5.50. The zero-order chi connectivity index (χ0) is 14.4. The fourth-order valence-corrected chi connectivity index (χ4v) is 1.93. The minimum absolute atomic E-state index is 0.411. The van der Waals surface area contributed by atoms with Crippen LogP contribution < -0.4 is 10.5 Å². The second kappa shape index (κ2) is 6.61. The number of aliphatic carboxylic acids is 1. The van der Waals surface area contributed by atoms with Gasteiger partial charge in [-0.3, -0.25) is 0 Å². The highest BCUT2D eigenvalue weighted by Crippen LogP contribution is 2.18. The molecule has 0 aliphatic carbocycles. The normalized spacial score (nSPS) is 11.8. The molecule has 1 atom stereocenters. The van der Waals surface area contributed by atoms with Gasteiger partial charge < -0.3 is 15.6 Å². The first kappa shape index (κ1) is 13.9. The van der Waals surface area contributed by atoms with Crippen LogP contribution in [0.15, 0.2) is 54.6 Å². The van der Waals surface area contributed by atoms with E-state index in [9.17, 15) is 9.90 Å². The Morgan fingerprint density at radius 3 is 2.55 bits per heavy atom. The van der Waals surface area contributed by atoms with Crippen molar-refractivity contribution in [1.29, 1.82) is 0 Å². The Balaban J connectivity index is 1.99. The molecule has 0 spiro atoms. The number of benzene rings is 2. The number of hydrogen-bond donors (Lipinski definition) is 2. The lowest BCUT2D eigenvalue weighted by molar-refractivity contribution is -0.145. The number of hydrogen-bond acceptors (Lipinski definition) is 3. The number of ether oxygens (including phenoxy) is 1. The molecular weight excluding hydrogens is 254 g/mol. The molecule has 20 heavy (non-hydrogen) atoms. The van der Waals surface area contributed by atoms with Gasteiger partial charge in [0.15, 0.2) is 6.10 Å². The van der Waals surface area contributed by atoms with Crippen LogP contribution in [0.5, 0.6) is 5.75 Å². The van der Waals surface area contributed by atoms with Gasteiger partial charge >= 0.3 is 5.97 Å².